The monoisotopic (exact) mass is 413 g/mol. The van der Waals surface area contributed by atoms with Gasteiger partial charge in [0, 0.05) is 0 Å². The largest absolute Gasteiger partial charge is 0.423 e. The van der Waals surface area contributed by atoms with Crippen LogP contribution in [-0.4, -0.2) is 59.6 Å². The number of hydrogen-bond acceptors (Lipinski definition) is 7. The number of nitrogens with zero attached hydrogens (tertiary/aromatic N) is 2. The summed E-state index contributed by atoms with van der Waals surface area (Å²) in [4.78, 5) is 4.06. The number of anilines is 1. The van der Waals surface area contributed by atoms with Gasteiger partial charge in [-0.25, -0.2) is 9.18 Å². The molecule has 0 radical (unpaired) electrons. The third-order valence-corrected chi connectivity index (χ3v) is 3.90. The molecule has 12 nitrogen and oxygen atoms in total. The van der Waals surface area contributed by atoms with Gasteiger partial charge in [0.05, 0.1) is 22.3 Å². The smallest absolute Gasteiger partial charge is 0.412 e. The van der Waals surface area contributed by atoms with Gasteiger partial charge in [0.2, 0.25) is 5.96 Å². The van der Waals surface area contributed by atoms with Gasteiger partial charge >= 0.3 is 10.4 Å². The Morgan fingerprint density at radius 2 is 1.67 bits per heavy atom. The Bertz CT molecular complexity index is 652. The molecule has 24 heavy (non-hydrogen) atoms. The molecule has 1 aromatic carbocycles. The number of para-hydroxylation sites is 1. The minimum absolute atomic E-state index is 0. The van der Waals surface area contributed by atoms with E-state index >= 15 is 0 Å². The van der Waals surface area contributed by atoms with E-state index in [-0.39, 0.29) is 39.9 Å². The summed E-state index contributed by atoms with van der Waals surface area (Å²) in [7, 11) is -4.01. The Kier molecular flexibility index (Phi) is 11.4. The van der Waals surface area contributed by atoms with Gasteiger partial charge in [0.1, 0.15) is 0 Å². The molecule has 1 aromatic rings. The zero-order valence-corrected chi connectivity index (χ0v) is 14.0. The topological polar surface area (TPSA) is 238 Å². The molecule has 2 heterocycles. The molecule has 0 bridgehead atoms. The van der Waals surface area contributed by atoms with Crippen LogP contribution in [0.25, 0.3) is 0 Å². The molecule has 0 aliphatic carbocycles. The summed E-state index contributed by atoms with van der Waals surface area (Å²) in [6, 6.07) is 4.97. The van der Waals surface area contributed by atoms with Gasteiger partial charge in [-0.2, -0.15) is 13.5 Å². The van der Waals surface area contributed by atoms with E-state index < -0.39 is 16.6 Å². The molecule has 1 unspecified atom stereocenters. The molecule has 0 saturated carbocycles. The maximum Gasteiger partial charge on any atom is 0.423 e. The Hall–Kier alpha value is -1.26. The maximum atomic E-state index is 11.2. The van der Waals surface area contributed by atoms with Gasteiger partial charge in [-0.05, 0) is 12.1 Å². The molecule has 0 spiro atoms. The van der Waals surface area contributed by atoms with Crippen LogP contribution in [0.2, 0.25) is 10.0 Å². The van der Waals surface area contributed by atoms with Crippen molar-refractivity contribution < 1.29 is 44.3 Å². The summed E-state index contributed by atoms with van der Waals surface area (Å²) in [6.07, 6.45) is -0.797. The van der Waals surface area contributed by atoms with Crippen molar-refractivity contribution in [2.75, 3.05) is 11.9 Å². The number of benzene rings is 1. The summed E-state index contributed by atoms with van der Waals surface area (Å²) in [6.45, 7) is 0.129. The maximum absolute atomic E-state index is 11.2. The van der Waals surface area contributed by atoms with Gasteiger partial charge < -0.3 is 32.7 Å². The number of hydroxylamine groups is 2. The van der Waals surface area contributed by atoms with Crippen LogP contribution < -0.4 is 5.32 Å². The minimum Gasteiger partial charge on any atom is -0.412 e. The summed E-state index contributed by atoms with van der Waals surface area (Å²) < 4.78 is 31.6. The van der Waals surface area contributed by atoms with Crippen molar-refractivity contribution >= 4 is 45.2 Å². The molecular formula is C9H17Cl2N3O9S. The van der Waals surface area contributed by atoms with Crippen LogP contribution in [0, 0.1) is 0 Å². The van der Waals surface area contributed by atoms with Crippen LogP contribution >= 0.6 is 23.2 Å². The van der Waals surface area contributed by atoms with Crippen molar-refractivity contribution in [1.29, 1.82) is 0 Å². The van der Waals surface area contributed by atoms with E-state index in [2.05, 4.69) is 18.8 Å². The summed E-state index contributed by atoms with van der Waals surface area (Å²) in [5, 5.41) is 4.61. The third-order valence-electron chi connectivity index (χ3n) is 2.47. The second-order valence-corrected chi connectivity index (χ2v) is 5.72. The highest BCUT2D eigenvalue weighted by Gasteiger charge is 2.44. The highest BCUT2D eigenvalue weighted by Crippen LogP contribution is 2.32. The van der Waals surface area contributed by atoms with E-state index in [1.165, 1.54) is 0 Å². The summed E-state index contributed by atoms with van der Waals surface area (Å²) in [5.74, 6) is 0.168. The minimum atomic E-state index is -4.01. The predicted octanol–water partition coefficient (Wildman–Crippen LogP) is -2.51. The Labute approximate surface area is 146 Å². The van der Waals surface area contributed by atoms with Crippen LogP contribution in [0.15, 0.2) is 23.2 Å². The van der Waals surface area contributed by atoms with Crippen molar-refractivity contribution in [3.63, 3.8) is 0 Å². The lowest BCUT2D eigenvalue weighted by atomic mass is 10.3. The highest BCUT2D eigenvalue weighted by atomic mass is 35.5. The third kappa shape index (κ3) is 5.12. The zero-order chi connectivity index (χ0) is 13.6. The molecule has 2 aliphatic heterocycles. The van der Waals surface area contributed by atoms with Crippen LogP contribution in [0.5, 0.6) is 0 Å². The Morgan fingerprint density at radius 3 is 2.21 bits per heavy atom. The first-order valence-electron chi connectivity index (χ1n) is 5.14. The normalized spacial score (nSPS) is 19.2. The van der Waals surface area contributed by atoms with Crippen LogP contribution in [0.4, 0.5) is 5.69 Å². The van der Waals surface area contributed by atoms with Gasteiger partial charge in [-0.3, -0.25) is 0 Å². The van der Waals surface area contributed by atoms with Crippen molar-refractivity contribution in [2.45, 2.75) is 6.23 Å². The van der Waals surface area contributed by atoms with Gasteiger partial charge in [-0.1, -0.05) is 29.3 Å². The number of rotatable bonds is 1. The second-order valence-electron chi connectivity index (χ2n) is 3.75. The first-order chi connectivity index (χ1) is 8.96. The summed E-state index contributed by atoms with van der Waals surface area (Å²) in [5.41, 5.74) is 0.415. The lowest BCUT2D eigenvalue weighted by molar-refractivity contribution is -0.00473. The number of nitrogens with one attached hydrogen (secondary N) is 1. The fourth-order valence-electron chi connectivity index (χ4n) is 1.67. The molecule has 142 valence electrons. The van der Waals surface area contributed by atoms with Crippen molar-refractivity contribution in [3.05, 3.63) is 28.2 Å². The molecule has 1 saturated heterocycles. The molecule has 0 aromatic heterocycles. The molecular weight excluding hydrogens is 397 g/mol. The van der Waals surface area contributed by atoms with E-state index in [0.29, 0.717) is 15.7 Å². The van der Waals surface area contributed by atoms with Crippen molar-refractivity contribution in [3.8, 4) is 0 Å². The van der Waals surface area contributed by atoms with Crippen LogP contribution in [-0.2, 0) is 18.9 Å². The van der Waals surface area contributed by atoms with Crippen molar-refractivity contribution in [2.24, 2.45) is 4.99 Å². The average Bonchev–Trinajstić information content (AvgIpc) is 2.80. The number of aliphatic imine (C=N–C) groups is 1. The first kappa shape index (κ1) is 27.6. The number of guanidine groups is 1. The standard InChI is InChI=1S/C9H7Cl2N3O4S.5H2O/c10-5-2-1-3-6(11)8(5)13-9-12-4-7-14(9)18-19(15,16)17-7;;;;;/h1-3,7H,4H2,(H,12,13);5*1H2. The Morgan fingerprint density at radius 1 is 1.12 bits per heavy atom. The molecule has 11 N–H and O–H groups in total. The van der Waals surface area contributed by atoms with E-state index in [4.69, 9.17) is 23.2 Å². The summed E-state index contributed by atoms with van der Waals surface area (Å²) >= 11 is 12.0. The van der Waals surface area contributed by atoms with E-state index in [1.807, 2.05) is 0 Å². The van der Waals surface area contributed by atoms with Crippen LogP contribution in [0.1, 0.15) is 0 Å². The number of hydrogen-bond donors (Lipinski definition) is 1. The fraction of sp³-hybridized carbons (Fsp3) is 0.222. The first-order valence-corrected chi connectivity index (χ1v) is 7.23. The molecule has 1 fully saturated rings. The van der Waals surface area contributed by atoms with E-state index in [0.717, 1.165) is 5.06 Å². The number of fused-ring (bicyclic) bond motifs is 1. The zero-order valence-electron chi connectivity index (χ0n) is 11.7. The number of halogens is 2. The molecule has 3 rings (SSSR count). The highest BCUT2D eigenvalue weighted by molar-refractivity contribution is 7.82. The van der Waals surface area contributed by atoms with E-state index in [9.17, 15) is 8.42 Å². The SMILES string of the molecule is O.O.O.O.O.O=S1(=O)OC2CN=C(Nc3c(Cl)cccc3Cl)N2O1. The predicted molar refractivity (Wildman–Crippen MR) is 87.2 cm³/mol. The Balaban J connectivity index is -0.000000882. The fourth-order valence-corrected chi connectivity index (χ4v) is 2.97. The lowest BCUT2D eigenvalue weighted by Gasteiger charge is -2.16. The average molecular weight is 414 g/mol. The second kappa shape index (κ2) is 9.90. The van der Waals surface area contributed by atoms with Gasteiger partial charge in [0.25, 0.3) is 0 Å². The lowest BCUT2D eigenvalue weighted by Crippen LogP contribution is -2.35. The molecule has 2 aliphatic rings. The van der Waals surface area contributed by atoms with Crippen molar-refractivity contribution in [1.82, 2.24) is 5.06 Å². The van der Waals surface area contributed by atoms with Gasteiger partial charge in [0.15, 0.2) is 6.23 Å². The molecule has 15 heteroatoms. The quantitative estimate of drug-likeness (QED) is 0.520. The molecule has 0 amide bonds. The van der Waals surface area contributed by atoms with Gasteiger partial charge in [-0.15, -0.1) is 4.28 Å². The van der Waals surface area contributed by atoms with E-state index in [1.54, 1.807) is 18.2 Å². The molecule has 1 atom stereocenters. The van der Waals surface area contributed by atoms with Crippen LogP contribution in [0.3, 0.4) is 0 Å².